The second-order valence-corrected chi connectivity index (χ2v) is 7.83. The summed E-state index contributed by atoms with van der Waals surface area (Å²) in [5.74, 6) is -0.460. The zero-order valence-electron chi connectivity index (χ0n) is 15.7. The van der Waals surface area contributed by atoms with E-state index in [0.29, 0.717) is 33.7 Å². The van der Waals surface area contributed by atoms with Crippen LogP contribution in [0.2, 0.25) is 0 Å². The van der Waals surface area contributed by atoms with Gasteiger partial charge in [-0.2, -0.15) is 0 Å². The van der Waals surface area contributed by atoms with Gasteiger partial charge in [-0.25, -0.2) is 4.98 Å². The van der Waals surface area contributed by atoms with Crippen LogP contribution in [-0.4, -0.2) is 48.3 Å². The number of hydrogen-bond acceptors (Lipinski definition) is 5. The Morgan fingerprint density at radius 3 is 2.68 bits per heavy atom. The molecule has 28 heavy (non-hydrogen) atoms. The molecule has 1 aliphatic rings. The average Bonchev–Trinajstić information content (AvgIpc) is 3.20. The molecule has 1 atom stereocenters. The minimum Gasteiger partial charge on any atom is -0.406 e. The van der Waals surface area contributed by atoms with Crippen molar-refractivity contribution in [2.24, 2.45) is 0 Å². The Kier molecular flexibility index (Phi) is 6.24. The van der Waals surface area contributed by atoms with E-state index in [4.69, 9.17) is 0 Å². The molecule has 5 nitrogen and oxygen atoms in total. The minimum absolute atomic E-state index is 0.168. The van der Waals surface area contributed by atoms with E-state index >= 15 is 0 Å². The number of nitrogens with one attached hydrogen (secondary N) is 1. The molecule has 1 amide bonds. The van der Waals surface area contributed by atoms with Crippen molar-refractivity contribution < 1.29 is 22.7 Å². The van der Waals surface area contributed by atoms with E-state index in [1.54, 1.807) is 6.92 Å². The van der Waals surface area contributed by atoms with Crippen molar-refractivity contribution in [2.45, 2.75) is 38.6 Å². The van der Waals surface area contributed by atoms with Crippen LogP contribution < -0.4 is 10.1 Å². The van der Waals surface area contributed by atoms with Gasteiger partial charge in [0.25, 0.3) is 5.91 Å². The van der Waals surface area contributed by atoms with Crippen LogP contribution in [0.15, 0.2) is 24.3 Å². The van der Waals surface area contributed by atoms with Crippen molar-refractivity contribution >= 4 is 17.2 Å². The van der Waals surface area contributed by atoms with Crippen LogP contribution in [0.25, 0.3) is 10.6 Å². The number of aromatic nitrogens is 1. The number of rotatable bonds is 6. The van der Waals surface area contributed by atoms with Crippen molar-refractivity contribution in [3.05, 3.63) is 34.8 Å². The minimum atomic E-state index is -4.72. The normalized spacial score (nSPS) is 17.7. The Hall–Kier alpha value is -2.13. The summed E-state index contributed by atoms with van der Waals surface area (Å²) in [6.07, 6.45) is -1.46. The number of carbonyl (C=O) groups excluding carboxylic acids is 1. The molecule has 9 heteroatoms. The van der Waals surface area contributed by atoms with E-state index in [1.165, 1.54) is 42.0 Å². The summed E-state index contributed by atoms with van der Waals surface area (Å²) in [6, 6.07) is 5.97. The Labute approximate surface area is 165 Å². The molecule has 0 saturated carbocycles. The Bertz CT molecular complexity index is 821. The summed E-state index contributed by atoms with van der Waals surface area (Å²) in [4.78, 5) is 19.7. The van der Waals surface area contributed by atoms with Crippen molar-refractivity contribution in [1.29, 1.82) is 0 Å². The highest BCUT2D eigenvalue weighted by molar-refractivity contribution is 7.17. The highest BCUT2D eigenvalue weighted by Crippen LogP contribution is 2.30. The zero-order valence-corrected chi connectivity index (χ0v) is 16.5. The highest BCUT2D eigenvalue weighted by atomic mass is 32.1. The second-order valence-electron chi connectivity index (χ2n) is 6.83. The lowest BCUT2D eigenvalue weighted by atomic mass is 10.1. The first-order valence-electron chi connectivity index (χ1n) is 9.05. The molecule has 0 aliphatic carbocycles. The fourth-order valence-electron chi connectivity index (χ4n) is 3.31. The first kappa shape index (κ1) is 20.6. The molecule has 1 unspecified atom stereocenters. The highest BCUT2D eigenvalue weighted by Gasteiger charge is 2.31. The molecule has 1 aromatic carbocycles. The van der Waals surface area contributed by atoms with Gasteiger partial charge in [0.2, 0.25) is 0 Å². The number of aryl methyl sites for hydroxylation is 1. The molecular weight excluding hydrogens is 391 g/mol. The van der Waals surface area contributed by atoms with E-state index in [2.05, 4.69) is 27.0 Å². The van der Waals surface area contributed by atoms with E-state index in [-0.39, 0.29) is 11.7 Å². The summed E-state index contributed by atoms with van der Waals surface area (Å²) >= 11 is 1.23. The summed E-state index contributed by atoms with van der Waals surface area (Å²) in [5.41, 5.74) is 1.24. The molecule has 1 fully saturated rings. The Balaban J connectivity index is 1.61. The number of carbonyl (C=O) groups is 1. The molecule has 2 heterocycles. The molecule has 0 bridgehead atoms. The van der Waals surface area contributed by atoms with Gasteiger partial charge in [-0.1, -0.05) is 0 Å². The summed E-state index contributed by atoms with van der Waals surface area (Å²) in [7, 11) is 2.10. The second kappa shape index (κ2) is 8.48. The lowest BCUT2D eigenvalue weighted by Crippen LogP contribution is -2.31. The topological polar surface area (TPSA) is 54.5 Å². The molecule has 1 N–H and O–H groups in total. The van der Waals surface area contributed by atoms with Crippen molar-refractivity contribution in [1.82, 2.24) is 15.2 Å². The standard InChI is InChI=1S/C19H22F3N3O2S/c1-12-16(17(26)23-10-9-14-4-3-11-25(14)2)28-18(24-12)13-5-7-15(8-6-13)27-19(20,21)22/h5-8,14H,3-4,9-11H2,1-2H3,(H,23,26). The lowest BCUT2D eigenvalue weighted by molar-refractivity contribution is -0.274. The van der Waals surface area contributed by atoms with Gasteiger partial charge in [0, 0.05) is 18.2 Å². The first-order valence-corrected chi connectivity index (χ1v) is 9.86. The number of nitrogens with zero attached hydrogens (tertiary/aromatic N) is 2. The first-order chi connectivity index (χ1) is 13.2. The number of likely N-dealkylation sites (tertiary alicyclic amines) is 1. The van der Waals surface area contributed by atoms with Gasteiger partial charge in [-0.3, -0.25) is 4.79 Å². The number of amides is 1. The van der Waals surface area contributed by atoms with Crippen LogP contribution in [0.1, 0.15) is 34.6 Å². The average molecular weight is 413 g/mol. The number of alkyl halides is 3. The molecule has 0 radical (unpaired) electrons. The lowest BCUT2D eigenvalue weighted by Gasteiger charge is -2.19. The third kappa shape index (κ3) is 5.23. The van der Waals surface area contributed by atoms with Gasteiger partial charge in [-0.15, -0.1) is 24.5 Å². The summed E-state index contributed by atoms with van der Waals surface area (Å²) in [6.45, 7) is 3.45. The monoisotopic (exact) mass is 413 g/mol. The van der Waals surface area contributed by atoms with Gasteiger partial charge in [0.05, 0.1) is 5.69 Å². The molecule has 1 aromatic heterocycles. The molecule has 0 spiro atoms. The maximum absolute atomic E-state index is 12.5. The molecule has 152 valence electrons. The quantitative estimate of drug-likeness (QED) is 0.770. The summed E-state index contributed by atoms with van der Waals surface area (Å²) in [5, 5.41) is 3.53. The van der Waals surface area contributed by atoms with Crippen LogP contribution in [0.3, 0.4) is 0 Å². The van der Waals surface area contributed by atoms with Gasteiger partial charge in [0.1, 0.15) is 15.6 Å². The number of benzene rings is 1. The molecule has 2 aromatic rings. The van der Waals surface area contributed by atoms with Gasteiger partial charge in [-0.05, 0) is 64.0 Å². The van der Waals surface area contributed by atoms with Gasteiger partial charge in [0.15, 0.2) is 0 Å². The van der Waals surface area contributed by atoms with E-state index in [9.17, 15) is 18.0 Å². The molecule has 1 saturated heterocycles. The fourth-order valence-corrected chi connectivity index (χ4v) is 4.29. The van der Waals surface area contributed by atoms with Crippen LogP contribution in [-0.2, 0) is 0 Å². The van der Waals surface area contributed by atoms with Crippen LogP contribution in [0.4, 0.5) is 13.2 Å². The van der Waals surface area contributed by atoms with Crippen molar-refractivity contribution in [2.75, 3.05) is 20.1 Å². The summed E-state index contributed by atoms with van der Waals surface area (Å²) < 4.78 is 40.6. The fraction of sp³-hybridized carbons (Fsp3) is 0.474. The zero-order chi connectivity index (χ0) is 20.3. The third-order valence-electron chi connectivity index (χ3n) is 4.77. The van der Waals surface area contributed by atoms with Crippen molar-refractivity contribution in [3.8, 4) is 16.3 Å². The van der Waals surface area contributed by atoms with Gasteiger partial charge >= 0.3 is 6.36 Å². The van der Waals surface area contributed by atoms with Gasteiger partial charge < -0.3 is 15.0 Å². The largest absolute Gasteiger partial charge is 0.573 e. The van der Waals surface area contributed by atoms with E-state index < -0.39 is 6.36 Å². The SMILES string of the molecule is Cc1nc(-c2ccc(OC(F)(F)F)cc2)sc1C(=O)NCCC1CCCN1C. The number of halogens is 3. The maximum Gasteiger partial charge on any atom is 0.573 e. The molecule has 3 rings (SSSR count). The maximum atomic E-state index is 12.5. The number of ether oxygens (including phenoxy) is 1. The number of hydrogen-bond donors (Lipinski definition) is 1. The van der Waals surface area contributed by atoms with Crippen molar-refractivity contribution in [3.63, 3.8) is 0 Å². The Morgan fingerprint density at radius 1 is 1.36 bits per heavy atom. The molecule has 1 aliphatic heterocycles. The van der Waals surface area contributed by atoms with E-state index in [1.807, 2.05) is 0 Å². The molecular formula is C19H22F3N3O2S. The third-order valence-corrected chi connectivity index (χ3v) is 5.98. The van der Waals surface area contributed by atoms with E-state index in [0.717, 1.165) is 19.4 Å². The number of thiazole rings is 1. The predicted molar refractivity (Wildman–Crippen MR) is 102 cm³/mol. The van der Waals surface area contributed by atoms with Crippen LogP contribution in [0.5, 0.6) is 5.75 Å². The smallest absolute Gasteiger partial charge is 0.406 e. The predicted octanol–water partition coefficient (Wildman–Crippen LogP) is 4.23. The van der Waals surface area contributed by atoms with Crippen LogP contribution >= 0.6 is 11.3 Å². The Morgan fingerprint density at radius 2 is 2.07 bits per heavy atom. The van der Waals surface area contributed by atoms with Crippen LogP contribution in [0, 0.1) is 6.92 Å².